The molecule has 3 rings (SSSR count). The molecular formula is C18H18N2O4S. The summed E-state index contributed by atoms with van der Waals surface area (Å²) in [7, 11) is 0. The molecule has 2 amide bonds. The predicted molar refractivity (Wildman–Crippen MR) is 95.0 cm³/mol. The van der Waals surface area contributed by atoms with Gasteiger partial charge >= 0.3 is 5.97 Å². The molecule has 1 saturated carbocycles. The highest BCUT2D eigenvalue weighted by molar-refractivity contribution is 7.12. The zero-order valence-electron chi connectivity index (χ0n) is 13.5. The number of carbonyl (C=O) groups is 3. The van der Waals surface area contributed by atoms with Gasteiger partial charge in [0.25, 0.3) is 11.8 Å². The Morgan fingerprint density at radius 1 is 1.12 bits per heavy atom. The summed E-state index contributed by atoms with van der Waals surface area (Å²) < 4.78 is 0. The molecule has 6 nitrogen and oxygen atoms in total. The first-order valence-electron chi connectivity index (χ1n) is 7.97. The van der Waals surface area contributed by atoms with E-state index in [9.17, 15) is 14.4 Å². The Morgan fingerprint density at radius 2 is 1.92 bits per heavy atom. The Labute approximate surface area is 148 Å². The number of carboxylic acid groups (broad SMARTS) is 1. The van der Waals surface area contributed by atoms with Crippen molar-refractivity contribution in [1.29, 1.82) is 0 Å². The van der Waals surface area contributed by atoms with Crippen LogP contribution < -0.4 is 10.6 Å². The van der Waals surface area contributed by atoms with Gasteiger partial charge in [-0.3, -0.25) is 14.4 Å². The molecule has 1 aliphatic rings. The van der Waals surface area contributed by atoms with Gasteiger partial charge in [0.15, 0.2) is 0 Å². The Bertz CT molecular complexity index is 797. The highest BCUT2D eigenvalue weighted by atomic mass is 32.1. The first kappa shape index (κ1) is 17.2. The minimum atomic E-state index is -0.919. The zero-order valence-corrected chi connectivity index (χ0v) is 14.3. The Kier molecular flexibility index (Phi) is 4.85. The van der Waals surface area contributed by atoms with E-state index in [1.807, 2.05) is 5.38 Å². The van der Waals surface area contributed by atoms with Crippen molar-refractivity contribution >= 4 is 34.8 Å². The molecule has 7 heteroatoms. The van der Waals surface area contributed by atoms with Crippen molar-refractivity contribution in [3.8, 4) is 0 Å². The second kappa shape index (κ2) is 7.06. The fourth-order valence-corrected chi connectivity index (χ4v) is 3.51. The van der Waals surface area contributed by atoms with E-state index in [0.717, 1.165) is 6.42 Å². The van der Waals surface area contributed by atoms with Gasteiger partial charge in [0, 0.05) is 11.3 Å². The number of aliphatic carboxylic acids is 1. The standard InChI is InChI=1S/C18H18N2O4S/c21-15(22)11-18(7-3-8-18)20-16(23)12-4-1-5-13(10-12)19-17(24)14-6-2-9-25-14/h1-2,4-6,9-10H,3,7-8,11H2,(H,19,24)(H,20,23)(H,21,22). The molecule has 0 unspecified atom stereocenters. The Morgan fingerprint density at radius 3 is 2.52 bits per heavy atom. The summed E-state index contributed by atoms with van der Waals surface area (Å²) in [6.07, 6.45) is 2.16. The lowest BCUT2D eigenvalue weighted by molar-refractivity contribution is -0.139. The number of nitrogens with one attached hydrogen (secondary N) is 2. The number of thiophene rings is 1. The van der Waals surface area contributed by atoms with Crippen molar-refractivity contribution in [2.45, 2.75) is 31.2 Å². The third-order valence-electron chi connectivity index (χ3n) is 4.31. The molecule has 1 heterocycles. The number of amides is 2. The van der Waals surface area contributed by atoms with Crippen LogP contribution in [0.2, 0.25) is 0 Å². The number of carbonyl (C=O) groups excluding carboxylic acids is 2. The van der Waals surface area contributed by atoms with Crippen molar-refractivity contribution in [3.63, 3.8) is 0 Å². The van der Waals surface area contributed by atoms with E-state index in [4.69, 9.17) is 5.11 Å². The van der Waals surface area contributed by atoms with Crippen LogP contribution in [0.4, 0.5) is 5.69 Å². The molecule has 1 aromatic heterocycles. The normalized spacial score (nSPS) is 15.0. The molecule has 130 valence electrons. The number of hydrogen-bond donors (Lipinski definition) is 3. The van der Waals surface area contributed by atoms with Crippen LogP contribution in [-0.4, -0.2) is 28.4 Å². The van der Waals surface area contributed by atoms with Crippen LogP contribution in [0.3, 0.4) is 0 Å². The largest absolute Gasteiger partial charge is 0.481 e. The van der Waals surface area contributed by atoms with Gasteiger partial charge in [-0.25, -0.2) is 0 Å². The summed E-state index contributed by atoms with van der Waals surface area (Å²) in [6, 6.07) is 10.1. The first-order valence-corrected chi connectivity index (χ1v) is 8.85. The molecule has 3 N–H and O–H groups in total. The SMILES string of the molecule is O=C(O)CC1(NC(=O)c2cccc(NC(=O)c3cccs3)c2)CCC1. The highest BCUT2D eigenvalue weighted by Gasteiger charge is 2.40. The second-order valence-electron chi connectivity index (χ2n) is 6.17. The van der Waals surface area contributed by atoms with Gasteiger partial charge in [0.05, 0.1) is 16.8 Å². The molecule has 2 aromatic rings. The number of rotatable bonds is 6. The fourth-order valence-electron chi connectivity index (χ4n) is 2.89. The van der Waals surface area contributed by atoms with E-state index in [0.29, 0.717) is 29.0 Å². The number of carboxylic acids is 1. The summed E-state index contributed by atoms with van der Waals surface area (Å²) in [6.45, 7) is 0. The van der Waals surface area contributed by atoms with Gasteiger partial charge in [0.2, 0.25) is 0 Å². The van der Waals surface area contributed by atoms with Crippen molar-refractivity contribution < 1.29 is 19.5 Å². The van der Waals surface area contributed by atoms with Crippen LogP contribution in [-0.2, 0) is 4.79 Å². The number of benzene rings is 1. The van der Waals surface area contributed by atoms with Crippen LogP contribution in [0.1, 0.15) is 45.7 Å². The molecule has 0 radical (unpaired) electrons. The van der Waals surface area contributed by atoms with E-state index < -0.39 is 11.5 Å². The summed E-state index contributed by atoms with van der Waals surface area (Å²) in [5.41, 5.74) is 0.256. The Hall–Kier alpha value is -2.67. The minimum Gasteiger partial charge on any atom is -0.481 e. The molecule has 0 aliphatic heterocycles. The summed E-state index contributed by atoms with van der Waals surface area (Å²) in [4.78, 5) is 36.2. The lowest BCUT2D eigenvalue weighted by Gasteiger charge is -2.41. The Balaban J connectivity index is 1.69. The van der Waals surface area contributed by atoms with Crippen LogP contribution in [0.5, 0.6) is 0 Å². The average molecular weight is 358 g/mol. The maximum absolute atomic E-state index is 12.5. The highest BCUT2D eigenvalue weighted by Crippen LogP contribution is 2.35. The second-order valence-corrected chi connectivity index (χ2v) is 7.12. The molecular weight excluding hydrogens is 340 g/mol. The van der Waals surface area contributed by atoms with Gasteiger partial charge in [-0.2, -0.15) is 0 Å². The maximum atomic E-state index is 12.5. The molecule has 1 aromatic carbocycles. The minimum absolute atomic E-state index is 0.0758. The molecule has 0 spiro atoms. The molecule has 1 aliphatic carbocycles. The molecule has 0 atom stereocenters. The number of anilines is 1. The lowest BCUT2D eigenvalue weighted by Crippen LogP contribution is -2.54. The average Bonchev–Trinajstić information content (AvgIpc) is 3.07. The summed E-state index contributed by atoms with van der Waals surface area (Å²) in [5.74, 6) is -1.47. The van der Waals surface area contributed by atoms with E-state index in [-0.39, 0.29) is 18.2 Å². The topological polar surface area (TPSA) is 95.5 Å². The lowest BCUT2D eigenvalue weighted by atomic mass is 9.74. The third kappa shape index (κ3) is 4.06. The quantitative estimate of drug-likeness (QED) is 0.739. The van der Waals surface area contributed by atoms with Gasteiger partial charge in [0.1, 0.15) is 0 Å². The molecule has 0 bridgehead atoms. The van der Waals surface area contributed by atoms with E-state index in [1.54, 1.807) is 36.4 Å². The molecule has 25 heavy (non-hydrogen) atoms. The zero-order chi connectivity index (χ0) is 17.9. The van der Waals surface area contributed by atoms with Gasteiger partial charge in [-0.15, -0.1) is 11.3 Å². The van der Waals surface area contributed by atoms with Crippen LogP contribution in [0.15, 0.2) is 41.8 Å². The monoisotopic (exact) mass is 358 g/mol. The number of hydrogen-bond acceptors (Lipinski definition) is 4. The molecule has 0 saturated heterocycles. The van der Waals surface area contributed by atoms with Crippen LogP contribution in [0.25, 0.3) is 0 Å². The van der Waals surface area contributed by atoms with E-state index in [2.05, 4.69) is 10.6 Å². The molecule has 1 fully saturated rings. The first-order chi connectivity index (χ1) is 12.0. The van der Waals surface area contributed by atoms with Gasteiger partial charge < -0.3 is 15.7 Å². The van der Waals surface area contributed by atoms with E-state index >= 15 is 0 Å². The van der Waals surface area contributed by atoms with Gasteiger partial charge in [-0.1, -0.05) is 12.1 Å². The van der Waals surface area contributed by atoms with Crippen LogP contribution >= 0.6 is 11.3 Å². The summed E-state index contributed by atoms with van der Waals surface area (Å²) in [5, 5.41) is 16.5. The maximum Gasteiger partial charge on any atom is 0.305 e. The van der Waals surface area contributed by atoms with E-state index in [1.165, 1.54) is 11.3 Å². The van der Waals surface area contributed by atoms with Crippen molar-refractivity contribution in [2.75, 3.05) is 5.32 Å². The van der Waals surface area contributed by atoms with Gasteiger partial charge in [-0.05, 0) is 48.9 Å². The van der Waals surface area contributed by atoms with Crippen LogP contribution in [0, 0.1) is 0 Å². The third-order valence-corrected chi connectivity index (χ3v) is 5.18. The predicted octanol–water partition coefficient (Wildman–Crippen LogP) is 3.13. The summed E-state index contributed by atoms with van der Waals surface area (Å²) >= 11 is 1.34. The fraction of sp³-hybridized carbons (Fsp3) is 0.278. The van der Waals surface area contributed by atoms with Crippen molar-refractivity contribution in [2.24, 2.45) is 0 Å². The smallest absolute Gasteiger partial charge is 0.305 e. The van der Waals surface area contributed by atoms with Crippen molar-refractivity contribution in [1.82, 2.24) is 5.32 Å². The van der Waals surface area contributed by atoms with Crippen molar-refractivity contribution in [3.05, 3.63) is 52.2 Å².